The quantitative estimate of drug-likeness (QED) is 0.786. The van der Waals surface area contributed by atoms with E-state index in [1.165, 1.54) is 4.90 Å². The first-order valence-electron chi connectivity index (χ1n) is 5.79. The number of benzene rings is 1. The molecule has 1 heterocycles. The summed E-state index contributed by atoms with van der Waals surface area (Å²) in [6.07, 6.45) is 1.54. The van der Waals surface area contributed by atoms with Crippen LogP contribution in [0.1, 0.15) is 30.4 Å². The molecule has 0 saturated carbocycles. The van der Waals surface area contributed by atoms with Crippen LogP contribution in [0.5, 0.6) is 0 Å². The number of anilines is 1. The van der Waals surface area contributed by atoms with Gasteiger partial charge in [-0.3, -0.25) is 14.5 Å². The summed E-state index contributed by atoms with van der Waals surface area (Å²) in [6, 6.07) is 5.64. The Hall–Kier alpha value is -1.68. The van der Waals surface area contributed by atoms with Crippen LogP contribution >= 0.6 is 0 Å². The van der Waals surface area contributed by atoms with Gasteiger partial charge in [-0.15, -0.1) is 0 Å². The van der Waals surface area contributed by atoms with Crippen molar-refractivity contribution in [1.82, 2.24) is 0 Å². The zero-order valence-corrected chi connectivity index (χ0v) is 9.90. The predicted molar refractivity (Wildman–Crippen MR) is 65.4 cm³/mol. The van der Waals surface area contributed by atoms with Gasteiger partial charge in [0.15, 0.2) is 0 Å². The highest BCUT2D eigenvalue weighted by Crippen LogP contribution is 2.26. The van der Waals surface area contributed by atoms with Crippen molar-refractivity contribution in [3.8, 4) is 0 Å². The highest BCUT2D eigenvalue weighted by atomic mass is 16.2. The summed E-state index contributed by atoms with van der Waals surface area (Å²) in [6.45, 7) is 2.30. The molecule has 2 amide bonds. The summed E-state index contributed by atoms with van der Waals surface area (Å²) in [4.78, 5) is 25.0. The van der Waals surface area contributed by atoms with Crippen molar-refractivity contribution < 1.29 is 9.59 Å². The average molecular weight is 232 g/mol. The van der Waals surface area contributed by atoms with Gasteiger partial charge in [0, 0.05) is 19.4 Å². The molecule has 1 aliphatic heterocycles. The largest absolute Gasteiger partial charge is 0.326 e. The maximum absolute atomic E-state index is 11.8. The Balaban J connectivity index is 2.43. The first-order chi connectivity index (χ1) is 8.13. The smallest absolute Gasteiger partial charge is 0.233 e. The molecule has 0 spiro atoms. The molecule has 2 rings (SSSR count). The second-order valence-electron chi connectivity index (χ2n) is 4.30. The molecule has 4 nitrogen and oxygen atoms in total. The SMILES string of the molecule is Cc1ccc(CN)cc1N1C(=O)CCCC1=O. The average Bonchev–Trinajstić information content (AvgIpc) is 2.31. The molecular formula is C13H16N2O2. The van der Waals surface area contributed by atoms with Gasteiger partial charge in [-0.2, -0.15) is 0 Å². The van der Waals surface area contributed by atoms with Crippen molar-refractivity contribution >= 4 is 17.5 Å². The molecule has 2 N–H and O–H groups in total. The number of carbonyl (C=O) groups excluding carboxylic acids is 2. The van der Waals surface area contributed by atoms with Crippen molar-refractivity contribution in [2.24, 2.45) is 5.73 Å². The van der Waals surface area contributed by atoms with Gasteiger partial charge in [-0.1, -0.05) is 12.1 Å². The summed E-state index contributed by atoms with van der Waals surface area (Å²) in [5.74, 6) is -0.225. The zero-order valence-electron chi connectivity index (χ0n) is 9.90. The summed E-state index contributed by atoms with van der Waals surface area (Å²) in [7, 11) is 0. The number of hydrogen-bond acceptors (Lipinski definition) is 3. The lowest BCUT2D eigenvalue weighted by molar-refractivity contribution is -0.129. The van der Waals surface area contributed by atoms with E-state index >= 15 is 0 Å². The van der Waals surface area contributed by atoms with Crippen LogP contribution in [0.25, 0.3) is 0 Å². The third-order valence-corrected chi connectivity index (χ3v) is 3.03. The summed E-state index contributed by atoms with van der Waals surface area (Å²) in [5, 5.41) is 0. The van der Waals surface area contributed by atoms with Crippen LogP contribution < -0.4 is 10.6 Å². The minimum absolute atomic E-state index is 0.112. The van der Waals surface area contributed by atoms with Crippen LogP contribution in [0, 0.1) is 6.92 Å². The van der Waals surface area contributed by atoms with E-state index in [0.29, 0.717) is 31.5 Å². The molecule has 1 aromatic carbocycles. The molecule has 1 saturated heterocycles. The summed E-state index contributed by atoms with van der Waals surface area (Å²) >= 11 is 0. The van der Waals surface area contributed by atoms with Crippen LogP contribution in [0.4, 0.5) is 5.69 Å². The first-order valence-corrected chi connectivity index (χ1v) is 5.79. The number of piperidine rings is 1. The molecule has 1 aromatic rings. The van der Waals surface area contributed by atoms with Gasteiger partial charge in [0.1, 0.15) is 0 Å². The highest BCUT2D eigenvalue weighted by molar-refractivity contribution is 6.16. The molecular weight excluding hydrogens is 216 g/mol. The zero-order chi connectivity index (χ0) is 12.4. The predicted octanol–water partition coefficient (Wildman–Crippen LogP) is 1.50. The Kier molecular flexibility index (Phi) is 3.24. The third kappa shape index (κ3) is 2.22. The van der Waals surface area contributed by atoms with E-state index in [-0.39, 0.29) is 11.8 Å². The van der Waals surface area contributed by atoms with Crippen molar-refractivity contribution in [2.75, 3.05) is 4.90 Å². The van der Waals surface area contributed by atoms with Gasteiger partial charge >= 0.3 is 0 Å². The first kappa shape index (κ1) is 11.8. The van der Waals surface area contributed by atoms with Crippen molar-refractivity contribution in [3.05, 3.63) is 29.3 Å². The molecule has 0 bridgehead atoms. The number of carbonyl (C=O) groups is 2. The van der Waals surface area contributed by atoms with E-state index in [1.807, 2.05) is 25.1 Å². The lowest BCUT2D eigenvalue weighted by Gasteiger charge is -2.26. The van der Waals surface area contributed by atoms with E-state index in [9.17, 15) is 9.59 Å². The van der Waals surface area contributed by atoms with Crippen molar-refractivity contribution in [1.29, 1.82) is 0 Å². The fourth-order valence-electron chi connectivity index (χ4n) is 2.05. The van der Waals surface area contributed by atoms with Gasteiger partial charge in [0.05, 0.1) is 5.69 Å². The number of nitrogens with zero attached hydrogens (tertiary/aromatic N) is 1. The minimum atomic E-state index is -0.112. The van der Waals surface area contributed by atoms with Gasteiger partial charge in [0.2, 0.25) is 11.8 Å². The number of nitrogens with two attached hydrogens (primary N) is 1. The monoisotopic (exact) mass is 232 g/mol. The summed E-state index contributed by atoms with van der Waals surface area (Å²) in [5.41, 5.74) is 8.11. The number of hydrogen-bond donors (Lipinski definition) is 1. The second kappa shape index (κ2) is 4.67. The van der Waals surface area contributed by atoms with E-state index in [0.717, 1.165) is 11.1 Å². The van der Waals surface area contributed by atoms with Crippen molar-refractivity contribution in [3.63, 3.8) is 0 Å². The lowest BCUT2D eigenvalue weighted by atomic mass is 10.0. The summed E-state index contributed by atoms with van der Waals surface area (Å²) < 4.78 is 0. The fraction of sp³-hybridized carbons (Fsp3) is 0.385. The maximum Gasteiger partial charge on any atom is 0.233 e. The topological polar surface area (TPSA) is 63.4 Å². The molecule has 0 aromatic heterocycles. The Morgan fingerprint density at radius 3 is 2.47 bits per heavy atom. The Morgan fingerprint density at radius 1 is 1.24 bits per heavy atom. The Labute approximate surface area is 100 Å². The Bertz CT molecular complexity index is 452. The normalized spacial score (nSPS) is 16.5. The third-order valence-electron chi connectivity index (χ3n) is 3.03. The molecule has 0 unspecified atom stereocenters. The molecule has 1 fully saturated rings. The standard InChI is InChI=1S/C13H16N2O2/c1-9-5-6-10(8-14)7-11(9)15-12(16)3-2-4-13(15)17/h5-7H,2-4,8,14H2,1H3. The van der Waals surface area contributed by atoms with E-state index in [4.69, 9.17) is 5.73 Å². The van der Waals surface area contributed by atoms with E-state index < -0.39 is 0 Å². The molecule has 0 radical (unpaired) electrons. The number of imide groups is 1. The van der Waals surface area contributed by atoms with E-state index in [2.05, 4.69) is 0 Å². The molecule has 4 heteroatoms. The molecule has 1 aliphatic rings. The van der Waals surface area contributed by atoms with Gasteiger partial charge in [0.25, 0.3) is 0 Å². The minimum Gasteiger partial charge on any atom is -0.326 e. The van der Waals surface area contributed by atoms with Crippen LogP contribution in [-0.4, -0.2) is 11.8 Å². The van der Waals surface area contributed by atoms with Crippen LogP contribution in [-0.2, 0) is 16.1 Å². The lowest BCUT2D eigenvalue weighted by Crippen LogP contribution is -2.40. The number of rotatable bonds is 2. The van der Waals surface area contributed by atoms with Gasteiger partial charge in [-0.25, -0.2) is 0 Å². The highest BCUT2D eigenvalue weighted by Gasteiger charge is 2.28. The van der Waals surface area contributed by atoms with E-state index in [1.54, 1.807) is 0 Å². The van der Waals surface area contributed by atoms with Crippen LogP contribution in [0.2, 0.25) is 0 Å². The van der Waals surface area contributed by atoms with Crippen molar-refractivity contribution in [2.45, 2.75) is 32.7 Å². The van der Waals surface area contributed by atoms with Crippen LogP contribution in [0.15, 0.2) is 18.2 Å². The van der Waals surface area contributed by atoms with Crippen LogP contribution in [0.3, 0.4) is 0 Å². The molecule has 0 aliphatic carbocycles. The number of amides is 2. The molecule has 90 valence electrons. The second-order valence-corrected chi connectivity index (χ2v) is 4.30. The molecule has 0 atom stereocenters. The Morgan fingerprint density at radius 2 is 1.88 bits per heavy atom. The number of aryl methyl sites for hydroxylation is 1. The molecule has 17 heavy (non-hydrogen) atoms. The maximum atomic E-state index is 11.8. The van der Waals surface area contributed by atoms with Gasteiger partial charge in [-0.05, 0) is 30.5 Å². The van der Waals surface area contributed by atoms with Gasteiger partial charge < -0.3 is 5.73 Å². The fourth-order valence-corrected chi connectivity index (χ4v) is 2.05.